The average molecular weight is 368 g/mol. The highest BCUT2D eigenvalue weighted by Crippen LogP contribution is 2.26. The maximum absolute atomic E-state index is 13.2. The van der Waals surface area contributed by atoms with Gasteiger partial charge in [-0.3, -0.25) is 4.79 Å². The van der Waals surface area contributed by atoms with E-state index in [0.29, 0.717) is 6.54 Å². The van der Waals surface area contributed by atoms with Gasteiger partial charge < -0.3 is 11.1 Å². The van der Waals surface area contributed by atoms with Crippen molar-refractivity contribution < 1.29 is 17.6 Å². The van der Waals surface area contributed by atoms with Crippen LogP contribution in [0.1, 0.15) is 13.8 Å². The van der Waals surface area contributed by atoms with Gasteiger partial charge in [-0.2, -0.15) is 4.72 Å². The Balaban J connectivity index is 3.06. The summed E-state index contributed by atoms with van der Waals surface area (Å²) in [6.07, 6.45) is 0. The number of rotatable bonds is 5. The molecule has 0 bridgehead atoms. The molecular formula is C11H15BrFN3O3S. The van der Waals surface area contributed by atoms with Gasteiger partial charge in [0, 0.05) is 11.0 Å². The third kappa shape index (κ3) is 3.90. The predicted molar refractivity (Wildman–Crippen MR) is 77.0 cm³/mol. The molecule has 112 valence electrons. The minimum absolute atomic E-state index is 0.0276. The number of hydrogen-bond donors (Lipinski definition) is 3. The van der Waals surface area contributed by atoms with Gasteiger partial charge in [0.1, 0.15) is 5.82 Å². The standard InChI is InChI=1S/C11H15BrFN3O3S/c1-3-15-11(17)6(2)16-20(18,19)10-5-9(14)8(13)4-7(10)12/h4-6,16H,3,14H2,1-2H3,(H,15,17). The predicted octanol–water partition coefficient (Wildman–Crippen LogP) is 0.973. The van der Waals surface area contributed by atoms with E-state index in [2.05, 4.69) is 26.0 Å². The zero-order valence-electron chi connectivity index (χ0n) is 10.9. The van der Waals surface area contributed by atoms with Crippen LogP contribution in [-0.4, -0.2) is 26.9 Å². The van der Waals surface area contributed by atoms with Crippen LogP contribution in [0.15, 0.2) is 21.5 Å². The fourth-order valence-electron chi connectivity index (χ4n) is 1.43. The number of carbonyl (C=O) groups excluding carboxylic acids is 1. The van der Waals surface area contributed by atoms with Crippen molar-refractivity contribution in [1.82, 2.24) is 10.0 Å². The molecule has 0 fully saturated rings. The molecule has 1 aromatic carbocycles. The lowest BCUT2D eigenvalue weighted by atomic mass is 10.3. The smallest absolute Gasteiger partial charge is 0.242 e. The van der Waals surface area contributed by atoms with Crippen molar-refractivity contribution in [2.24, 2.45) is 0 Å². The molecule has 1 amide bonds. The van der Waals surface area contributed by atoms with E-state index in [1.165, 1.54) is 6.92 Å². The van der Waals surface area contributed by atoms with Gasteiger partial charge in [-0.1, -0.05) is 0 Å². The van der Waals surface area contributed by atoms with Crippen LogP contribution in [0.3, 0.4) is 0 Å². The Morgan fingerprint density at radius 2 is 2.10 bits per heavy atom. The lowest BCUT2D eigenvalue weighted by molar-refractivity contribution is -0.122. The highest BCUT2D eigenvalue weighted by molar-refractivity contribution is 9.10. The second-order valence-electron chi connectivity index (χ2n) is 4.04. The minimum atomic E-state index is -4.00. The first kappa shape index (κ1) is 16.9. The van der Waals surface area contributed by atoms with Crippen LogP contribution in [0.4, 0.5) is 10.1 Å². The zero-order valence-corrected chi connectivity index (χ0v) is 13.3. The molecule has 0 aliphatic heterocycles. The Morgan fingerprint density at radius 3 is 2.65 bits per heavy atom. The maximum Gasteiger partial charge on any atom is 0.242 e. The summed E-state index contributed by atoms with van der Waals surface area (Å²) in [5.41, 5.74) is 5.06. The highest BCUT2D eigenvalue weighted by atomic mass is 79.9. The van der Waals surface area contributed by atoms with Crippen LogP contribution in [-0.2, 0) is 14.8 Å². The average Bonchev–Trinajstić information content (AvgIpc) is 2.33. The SMILES string of the molecule is CCNC(=O)C(C)NS(=O)(=O)c1cc(N)c(F)cc1Br. The van der Waals surface area contributed by atoms with Crippen LogP contribution < -0.4 is 15.8 Å². The number of hydrogen-bond acceptors (Lipinski definition) is 4. The molecule has 1 unspecified atom stereocenters. The zero-order chi connectivity index (χ0) is 15.5. The Labute approximate surface area is 125 Å². The van der Waals surface area contributed by atoms with Crippen molar-refractivity contribution in [3.8, 4) is 0 Å². The van der Waals surface area contributed by atoms with Crippen molar-refractivity contribution in [3.63, 3.8) is 0 Å². The molecule has 0 aliphatic rings. The summed E-state index contributed by atoms with van der Waals surface area (Å²) in [6, 6.07) is 0.991. The largest absolute Gasteiger partial charge is 0.396 e. The molecule has 0 saturated carbocycles. The van der Waals surface area contributed by atoms with E-state index >= 15 is 0 Å². The fourth-order valence-corrected chi connectivity index (χ4v) is 3.68. The first-order valence-corrected chi connectivity index (χ1v) is 8.01. The van der Waals surface area contributed by atoms with Gasteiger partial charge in [0.15, 0.2) is 0 Å². The van der Waals surface area contributed by atoms with Gasteiger partial charge >= 0.3 is 0 Å². The van der Waals surface area contributed by atoms with Crippen LogP contribution in [0.5, 0.6) is 0 Å². The van der Waals surface area contributed by atoms with E-state index in [9.17, 15) is 17.6 Å². The number of sulfonamides is 1. The van der Waals surface area contributed by atoms with Gasteiger partial charge in [0.2, 0.25) is 15.9 Å². The number of likely N-dealkylation sites (N-methyl/N-ethyl adjacent to an activating group) is 1. The molecule has 0 spiro atoms. The van der Waals surface area contributed by atoms with E-state index < -0.39 is 27.8 Å². The number of benzene rings is 1. The van der Waals surface area contributed by atoms with Gasteiger partial charge in [-0.05, 0) is 41.9 Å². The van der Waals surface area contributed by atoms with Crippen LogP contribution in [0.25, 0.3) is 0 Å². The third-order valence-electron chi connectivity index (χ3n) is 2.42. The minimum Gasteiger partial charge on any atom is -0.396 e. The molecule has 0 saturated heterocycles. The number of nitrogens with two attached hydrogens (primary N) is 1. The summed E-state index contributed by atoms with van der Waals surface area (Å²) in [6.45, 7) is 3.51. The molecule has 9 heteroatoms. The molecule has 6 nitrogen and oxygen atoms in total. The van der Waals surface area contributed by atoms with Crippen LogP contribution in [0, 0.1) is 5.82 Å². The van der Waals surface area contributed by atoms with E-state index in [1.54, 1.807) is 6.92 Å². The molecule has 1 rings (SSSR count). The van der Waals surface area contributed by atoms with Gasteiger partial charge in [0.25, 0.3) is 0 Å². The number of nitrogen functional groups attached to an aromatic ring is 1. The topological polar surface area (TPSA) is 101 Å². The first-order chi connectivity index (χ1) is 9.19. The lowest BCUT2D eigenvalue weighted by Gasteiger charge is -2.15. The van der Waals surface area contributed by atoms with Crippen molar-refractivity contribution in [1.29, 1.82) is 0 Å². The number of nitrogens with one attached hydrogen (secondary N) is 2. The summed E-state index contributed by atoms with van der Waals surface area (Å²) < 4.78 is 39.7. The third-order valence-corrected chi connectivity index (χ3v) is 4.92. The van der Waals surface area contributed by atoms with Crippen LogP contribution in [0.2, 0.25) is 0 Å². The van der Waals surface area contributed by atoms with Crippen molar-refractivity contribution in [2.75, 3.05) is 12.3 Å². The van der Waals surface area contributed by atoms with E-state index in [1.807, 2.05) is 0 Å². The Morgan fingerprint density at radius 1 is 1.50 bits per heavy atom. The summed E-state index contributed by atoms with van der Waals surface area (Å²) >= 11 is 2.96. The molecule has 1 aromatic rings. The second kappa shape index (κ2) is 6.51. The summed E-state index contributed by atoms with van der Waals surface area (Å²) in [5.74, 6) is -1.19. The van der Waals surface area contributed by atoms with Gasteiger partial charge in [-0.25, -0.2) is 12.8 Å². The molecule has 0 aliphatic carbocycles. The van der Waals surface area contributed by atoms with E-state index in [-0.39, 0.29) is 15.1 Å². The highest BCUT2D eigenvalue weighted by Gasteiger charge is 2.24. The van der Waals surface area contributed by atoms with Crippen LogP contribution >= 0.6 is 15.9 Å². The fraction of sp³-hybridized carbons (Fsp3) is 0.364. The second-order valence-corrected chi connectivity index (χ2v) is 6.58. The van der Waals surface area contributed by atoms with E-state index in [4.69, 9.17) is 5.73 Å². The lowest BCUT2D eigenvalue weighted by Crippen LogP contribution is -2.44. The molecule has 0 aromatic heterocycles. The summed E-state index contributed by atoms with van der Waals surface area (Å²) in [4.78, 5) is 11.3. The number of halogens is 2. The normalized spacial score (nSPS) is 13.0. The Kier molecular flexibility index (Phi) is 5.49. The molecule has 20 heavy (non-hydrogen) atoms. The molecule has 4 N–H and O–H groups in total. The van der Waals surface area contributed by atoms with Gasteiger partial charge in [-0.15, -0.1) is 0 Å². The molecule has 1 atom stereocenters. The Bertz CT molecular complexity index is 622. The van der Waals surface area contributed by atoms with Gasteiger partial charge in [0.05, 0.1) is 16.6 Å². The quantitative estimate of drug-likeness (QED) is 0.675. The van der Waals surface area contributed by atoms with Crippen molar-refractivity contribution >= 4 is 37.5 Å². The maximum atomic E-state index is 13.2. The number of carbonyl (C=O) groups is 1. The molecule has 0 radical (unpaired) electrons. The molecular weight excluding hydrogens is 353 g/mol. The van der Waals surface area contributed by atoms with Crippen molar-refractivity contribution in [3.05, 3.63) is 22.4 Å². The number of anilines is 1. The first-order valence-electron chi connectivity index (χ1n) is 5.73. The summed E-state index contributed by atoms with van der Waals surface area (Å²) in [7, 11) is -4.00. The van der Waals surface area contributed by atoms with Crippen molar-refractivity contribution in [2.45, 2.75) is 24.8 Å². The Hall–Kier alpha value is -1.19. The summed E-state index contributed by atoms with van der Waals surface area (Å²) in [5, 5.41) is 2.49. The monoisotopic (exact) mass is 367 g/mol. The molecule has 0 heterocycles. The van der Waals surface area contributed by atoms with E-state index in [0.717, 1.165) is 12.1 Å². The number of amides is 1.